The van der Waals surface area contributed by atoms with Gasteiger partial charge >= 0.3 is 11.9 Å². The van der Waals surface area contributed by atoms with Crippen LogP contribution in [-0.4, -0.2) is 11.9 Å². The maximum atomic E-state index is 11.0. The summed E-state index contributed by atoms with van der Waals surface area (Å²) in [4.78, 5) is 21.6. The van der Waals surface area contributed by atoms with Crippen LogP contribution in [0.1, 0.15) is 0 Å². The minimum atomic E-state index is -0.440. The highest BCUT2D eigenvalue weighted by atomic mass is 16.5. The molecular weight excluding hydrogens is 328 g/mol. The predicted octanol–water partition coefficient (Wildman–Crippen LogP) is 4.71. The zero-order chi connectivity index (χ0) is 18.8. The Kier molecular flexibility index (Phi) is 6.89. The molecule has 0 saturated carbocycles. The van der Waals surface area contributed by atoms with Crippen LogP contribution in [0.25, 0.3) is 10.8 Å². The molecule has 0 amide bonds. The van der Waals surface area contributed by atoms with E-state index in [0.29, 0.717) is 11.5 Å². The zero-order valence-corrected chi connectivity index (χ0v) is 14.1. The van der Waals surface area contributed by atoms with Gasteiger partial charge in [0.1, 0.15) is 11.5 Å². The third-order valence-corrected chi connectivity index (χ3v) is 3.23. The van der Waals surface area contributed by atoms with Crippen LogP contribution >= 0.6 is 0 Å². The van der Waals surface area contributed by atoms with Gasteiger partial charge in [0, 0.05) is 12.2 Å². The summed E-state index contributed by atoms with van der Waals surface area (Å²) in [5, 5.41) is 2.17. The van der Waals surface area contributed by atoms with Gasteiger partial charge in [-0.25, -0.2) is 9.59 Å². The van der Waals surface area contributed by atoms with Gasteiger partial charge in [0.2, 0.25) is 0 Å². The second-order valence-electron chi connectivity index (χ2n) is 5.07. The van der Waals surface area contributed by atoms with Gasteiger partial charge in [-0.15, -0.1) is 0 Å². The highest BCUT2D eigenvalue weighted by molar-refractivity contribution is 5.87. The van der Waals surface area contributed by atoms with Crippen LogP contribution in [0.2, 0.25) is 0 Å². The van der Waals surface area contributed by atoms with E-state index in [0.717, 1.165) is 22.9 Å². The minimum absolute atomic E-state index is 0.434. The van der Waals surface area contributed by atoms with E-state index in [9.17, 15) is 9.59 Å². The molecule has 0 aliphatic rings. The number of rotatable bonds is 4. The van der Waals surface area contributed by atoms with Crippen LogP contribution in [-0.2, 0) is 9.59 Å². The minimum Gasteiger partial charge on any atom is -0.423 e. The first-order valence-corrected chi connectivity index (χ1v) is 7.84. The SMILES string of the molecule is C=CC(=O)Oc1ccc2ccccc2c1.C=CC(=O)Oc1ccccc1. The van der Waals surface area contributed by atoms with Crippen molar-refractivity contribution in [2.24, 2.45) is 0 Å². The molecule has 4 nitrogen and oxygen atoms in total. The van der Waals surface area contributed by atoms with Crippen molar-refractivity contribution in [1.82, 2.24) is 0 Å². The summed E-state index contributed by atoms with van der Waals surface area (Å²) in [6.45, 7) is 6.63. The number of para-hydroxylation sites is 1. The number of fused-ring (bicyclic) bond motifs is 1. The number of esters is 2. The van der Waals surface area contributed by atoms with E-state index in [4.69, 9.17) is 9.47 Å². The Morgan fingerprint density at radius 2 is 1.19 bits per heavy atom. The molecular formula is C22H18O4. The van der Waals surface area contributed by atoms with Crippen molar-refractivity contribution in [3.05, 3.63) is 98.1 Å². The lowest BCUT2D eigenvalue weighted by molar-refractivity contribution is -0.129. The summed E-state index contributed by atoms with van der Waals surface area (Å²) in [6, 6.07) is 22.3. The number of ether oxygens (including phenoxy) is 2. The third-order valence-electron chi connectivity index (χ3n) is 3.23. The van der Waals surface area contributed by atoms with Crippen LogP contribution in [0.15, 0.2) is 98.1 Å². The molecule has 0 radical (unpaired) electrons. The molecule has 0 atom stereocenters. The summed E-state index contributed by atoms with van der Waals surface area (Å²) in [6.07, 6.45) is 2.28. The maximum absolute atomic E-state index is 11.0. The molecule has 26 heavy (non-hydrogen) atoms. The molecule has 3 aromatic carbocycles. The Bertz CT molecular complexity index is 914. The van der Waals surface area contributed by atoms with Crippen LogP contribution in [0.4, 0.5) is 0 Å². The molecule has 0 saturated heterocycles. The lowest BCUT2D eigenvalue weighted by Crippen LogP contribution is -2.02. The first-order chi connectivity index (χ1) is 12.6. The Hall–Kier alpha value is -3.66. The van der Waals surface area contributed by atoms with E-state index in [1.54, 1.807) is 30.3 Å². The second-order valence-corrected chi connectivity index (χ2v) is 5.07. The number of hydrogen-bond acceptors (Lipinski definition) is 4. The van der Waals surface area contributed by atoms with E-state index in [-0.39, 0.29) is 0 Å². The lowest BCUT2D eigenvalue weighted by Gasteiger charge is -2.02. The summed E-state index contributed by atoms with van der Waals surface area (Å²) in [5.74, 6) is 0.206. The van der Waals surface area contributed by atoms with Gasteiger partial charge in [0.25, 0.3) is 0 Å². The second kappa shape index (κ2) is 9.59. The van der Waals surface area contributed by atoms with E-state index < -0.39 is 11.9 Å². The molecule has 0 N–H and O–H groups in total. The highest BCUT2D eigenvalue weighted by Crippen LogP contribution is 2.20. The number of benzene rings is 3. The molecule has 0 aliphatic carbocycles. The van der Waals surface area contributed by atoms with Gasteiger partial charge < -0.3 is 9.47 Å². The molecule has 3 rings (SSSR count). The van der Waals surface area contributed by atoms with Crippen molar-refractivity contribution in [2.75, 3.05) is 0 Å². The van der Waals surface area contributed by atoms with Crippen molar-refractivity contribution in [3.8, 4) is 11.5 Å². The Morgan fingerprint density at radius 3 is 1.81 bits per heavy atom. The number of carbonyl (C=O) groups excluding carboxylic acids is 2. The van der Waals surface area contributed by atoms with Crippen molar-refractivity contribution >= 4 is 22.7 Å². The van der Waals surface area contributed by atoms with Gasteiger partial charge in [0.05, 0.1) is 0 Å². The summed E-state index contributed by atoms with van der Waals surface area (Å²) < 4.78 is 9.82. The van der Waals surface area contributed by atoms with E-state index in [1.807, 2.05) is 42.5 Å². The summed E-state index contributed by atoms with van der Waals surface area (Å²) in [7, 11) is 0. The van der Waals surface area contributed by atoms with Crippen molar-refractivity contribution in [1.29, 1.82) is 0 Å². The van der Waals surface area contributed by atoms with E-state index in [1.165, 1.54) is 0 Å². The molecule has 130 valence electrons. The van der Waals surface area contributed by atoms with Crippen molar-refractivity contribution in [2.45, 2.75) is 0 Å². The van der Waals surface area contributed by atoms with Crippen LogP contribution in [0, 0.1) is 0 Å². The molecule has 4 heteroatoms. The summed E-state index contributed by atoms with van der Waals surface area (Å²) >= 11 is 0. The topological polar surface area (TPSA) is 52.6 Å². The molecule has 0 spiro atoms. The van der Waals surface area contributed by atoms with E-state index in [2.05, 4.69) is 13.2 Å². The fraction of sp³-hybridized carbons (Fsp3) is 0. The number of hydrogen-bond donors (Lipinski definition) is 0. The number of carbonyl (C=O) groups is 2. The van der Waals surface area contributed by atoms with Gasteiger partial charge in [-0.3, -0.25) is 0 Å². The van der Waals surface area contributed by atoms with Crippen molar-refractivity contribution < 1.29 is 19.1 Å². The van der Waals surface area contributed by atoms with Gasteiger partial charge in [-0.1, -0.05) is 61.7 Å². The Labute approximate surface area is 152 Å². The first-order valence-electron chi connectivity index (χ1n) is 7.84. The largest absolute Gasteiger partial charge is 0.423 e. The summed E-state index contributed by atoms with van der Waals surface area (Å²) in [5.41, 5.74) is 0. The quantitative estimate of drug-likeness (QED) is 0.390. The molecule has 0 heterocycles. The molecule has 0 unspecified atom stereocenters. The maximum Gasteiger partial charge on any atom is 0.335 e. The average molecular weight is 346 g/mol. The van der Waals surface area contributed by atoms with Crippen LogP contribution in [0.5, 0.6) is 11.5 Å². The zero-order valence-electron chi connectivity index (χ0n) is 14.1. The van der Waals surface area contributed by atoms with Crippen LogP contribution < -0.4 is 9.47 Å². The average Bonchev–Trinajstić information content (AvgIpc) is 2.69. The molecule has 0 bridgehead atoms. The molecule has 0 aromatic heterocycles. The monoisotopic (exact) mass is 346 g/mol. The molecule has 3 aromatic rings. The van der Waals surface area contributed by atoms with Gasteiger partial charge in [0.15, 0.2) is 0 Å². The van der Waals surface area contributed by atoms with Crippen LogP contribution in [0.3, 0.4) is 0 Å². The predicted molar refractivity (Wildman–Crippen MR) is 102 cm³/mol. The smallest absolute Gasteiger partial charge is 0.335 e. The standard InChI is InChI=1S/C13H10O2.C9H8O2/c1-2-13(14)15-12-8-7-10-5-3-4-6-11(10)9-12;1-2-9(10)11-8-6-4-3-5-7-8/h2-9H,1H2;2-7H,1H2. The first kappa shape index (κ1) is 18.7. The normalized spacial score (nSPS) is 9.38. The van der Waals surface area contributed by atoms with Gasteiger partial charge in [-0.2, -0.15) is 0 Å². The van der Waals surface area contributed by atoms with E-state index >= 15 is 0 Å². The Morgan fingerprint density at radius 1 is 0.654 bits per heavy atom. The molecule has 0 aliphatic heterocycles. The fourth-order valence-electron chi connectivity index (χ4n) is 2.04. The van der Waals surface area contributed by atoms with Crippen molar-refractivity contribution in [3.63, 3.8) is 0 Å². The Balaban J connectivity index is 0.000000197. The van der Waals surface area contributed by atoms with Gasteiger partial charge in [-0.05, 0) is 35.0 Å². The lowest BCUT2D eigenvalue weighted by atomic mass is 10.1. The molecule has 0 fully saturated rings. The third kappa shape index (κ3) is 5.76. The fourth-order valence-corrected chi connectivity index (χ4v) is 2.04. The highest BCUT2D eigenvalue weighted by Gasteiger charge is 2.00.